The van der Waals surface area contributed by atoms with E-state index in [0.717, 1.165) is 32.5 Å². The summed E-state index contributed by atoms with van der Waals surface area (Å²) < 4.78 is 0. The third-order valence-electron chi connectivity index (χ3n) is 4.99. The van der Waals surface area contributed by atoms with Crippen molar-refractivity contribution in [3.8, 4) is 0 Å². The van der Waals surface area contributed by atoms with Crippen LogP contribution in [0, 0.1) is 17.8 Å². The molecule has 0 aliphatic carbocycles. The van der Waals surface area contributed by atoms with E-state index in [1.807, 2.05) is 11.8 Å². The quantitative estimate of drug-likeness (QED) is 0.867. The van der Waals surface area contributed by atoms with Gasteiger partial charge in [0.2, 0.25) is 11.8 Å². The molecule has 0 saturated carbocycles. The summed E-state index contributed by atoms with van der Waals surface area (Å²) in [5, 5.41) is 6.55. The maximum atomic E-state index is 12.6. The first-order valence-corrected chi connectivity index (χ1v) is 8.84. The summed E-state index contributed by atoms with van der Waals surface area (Å²) in [6, 6.07) is 3.37. The molecule has 2 aliphatic rings. The van der Waals surface area contributed by atoms with Crippen molar-refractivity contribution in [2.24, 2.45) is 17.8 Å². The fourth-order valence-electron chi connectivity index (χ4n) is 3.22. The van der Waals surface area contributed by atoms with Crippen molar-refractivity contribution in [1.29, 1.82) is 0 Å². The molecule has 2 fully saturated rings. The van der Waals surface area contributed by atoms with Gasteiger partial charge in [-0.2, -0.15) is 0 Å². The summed E-state index contributed by atoms with van der Waals surface area (Å²) in [6.07, 6.45) is 3.15. The lowest BCUT2D eigenvalue weighted by Gasteiger charge is -2.38. The largest absolute Gasteiger partial charge is 0.342 e. The average Bonchev–Trinajstić information content (AvgIpc) is 2.54. The molecular formula is C17H23ClN4O2. The van der Waals surface area contributed by atoms with Crippen molar-refractivity contribution in [2.75, 3.05) is 31.5 Å². The molecule has 6 nitrogen and oxygen atoms in total. The summed E-state index contributed by atoms with van der Waals surface area (Å²) in [6.45, 7) is 5.05. The van der Waals surface area contributed by atoms with E-state index in [2.05, 4.69) is 15.6 Å². The third-order valence-corrected chi connectivity index (χ3v) is 5.22. The number of nitrogens with zero attached hydrogens (tertiary/aromatic N) is 2. The van der Waals surface area contributed by atoms with Crippen LogP contribution < -0.4 is 10.6 Å². The van der Waals surface area contributed by atoms with Gasteiger partial charge in [-0.15, -0.1) is 0 Å². The standard InChI is InChI=1S/C17H23ClN4O2/c1-11(13-7-19-8-13)17(24)22-6-2-3-12(10-22)16(23)21-15-5-4-14(18)9-20-15/h4-5,9,11-13,19H,2-3,6-8,10H2,1H3,(H,20,21,23). The predicted octanol–water partition coefficient (Wildman–Crippen LogP) is 1.77. The summed E-state index contributed by atoms with van der Waals surface area (Å²) in [7, 11) is 0. The average molecular weight is 351 g/mol. The Morgan fingerprint density at radius 1 is 1.42 bits per heavy atom. The first-order valence-electron chi connectivity index (χ1n) is 8.46. The highest BCUT2D eigenvalue weighted by molar-refractivity contribution is 6.30. The van der Waals surface area contributed by atoms with E-state index in [0.29, 0.717) is 23.3 Å². The number of halogens is 1. The van der Waals surface area contributed by atoms with E-state index in [1.165, 1.54) is 6.20 Å². The van der Waals surface area contributed by atoms with Gasteiger partial charge in [-0.05, 0) is 44.0 Å². The Labute approximate surface area is 147 Å². The zero-order chi connectivity index (χ0) is 17.1. The maximum Gasteiger partial charge on any atom is 0.230 e. The lowest BCUT2D eigenvalue weighted by atomic mass is 9.87. The third kappa shape index (κ3) is 3.87. The van der Waals surface area contributed by atoms with Crippen molar-refractivity contribution in [3.63, 3.8) is 0 Å². The van der Waals surface area contributed by atoms with Crippen molar-refractivity contribution in [1.82, 2.24) is 15.2 Å². The minimum Gasteiger partial charge on any atom is -0.342 e. The van der Waals surface area contributed by atoms with Crippen LogP contribution in [-0.4, -0.2) is 47.9 Å². The number of anilines is 1. The molecule has 1 aromatic heterocycles. The molecule has 0 radical (unpaired) electrons. The second-order valence-corrected chi connectivity index (χ2v) is 7.12. The van der Waals surface area contributed by atoms with E-state index in [1.54, 1.807) is 12.1 Å². The summed E-state index contributed by atoms with van der Waals surface area (Å²) >= 11 is 5.80. The topological polar surface area (TPSA) is 74.3 Å². The number of hydrogen-bond donors (Lipinski definition) is 2. The number of rotatable bonds is 4. The fourth-order valence-corrected chi connectivity index (χ4v) is 3.34. The highest BCUT2D eigenvalue weighted by Gasteiger charge is 2.35. The Morgan fingerprint density at radius 2 is 2.21 bits per heavy atom. The molecule has 3 heterocycles. The molecule has 7 heteroatoms. The zero-order valence-electron chi connectivity index (χ0n) is 13.8. The molecule has 3 rings (SSSR count). The Morgan fingerprint density at radius 3 is 2.83 bits per heavy atom. The predicted molar refractivity (Wildman–Crippen MR) is 92.7 cm³/mol. The number of hydrogen-bond acceptors (Lipinski definition) is 4. The number of carbonyl (C=O) groups excluding carboxylic acids is 2. The van der Waals surface area contributed by atoms with Crippen LogP contribution >= 0.6 is 11.6 Å². The second kappa shape index (κ2) is 7.49. The number of amides is 2. The maximum absolute atomic E-state index is 12.6. The van der Waals surface area contributed by atoms with Gasteiger partial charge >= 0.3 is 0 Å². The number of piperidine rings is 1. The molecule has 24 heavy (non-hydrogen) atoms. The van der Waals surface area contributed by atoms with Gasteiger partial charge in [0.05, 0.1) is 10.9 Å². The molecule has 2 aliphatic heterocycles. The van der Waals surface area contributed by atoms with Crippen molar-refractivity contribution < 1.29 is 9.59 Å². The Kier molecular flexibility index (Phi) is 5.36. The second-order valence-electron chi connectivity index (χ2n) is 6.68. The highest BCUT2D eigenvalue weighted by atomic mass is 35.5. The van der Waals surface area contributed by atoms with Gasteiger partial charge in [0, 0.05) is 25.2 Å². The molecular weight excluding hydrogens is 328 g/mol. The number of nitrogens with one attached hydrogen (secondary N) is 2. The molecule has 2 unspecified atom stereocenters. The van der Waals surface area contributed by atoms with Gasteiger partial charge < -0.3 is 15.5 Å². The smallest absolute Gasteiger partial charge is 0.230 e. The van der Waals surface area contributed by atoms with Crippen LogP contribution in [0.2, 0.25) is 5.02 Å². The molecule has 2 amide bonds. The van der Waals surface area contributed by atoms with Gasteiger partial charge in [0.1, 0.15) is 5.82 Å². The molecule has 1 aromatic rings. The van der Waals surface area contributed by atoms with Crippen molar-refractivity contribution in [2.45, 2.75) is 19.8 Å². The fraction of sp³-hybridized carbons (Fsp3) is 0.588. The SMILES string of the molecule is CC(C(=O)N1CCCC(C(=O)Nc2ccc(Cl)cn2)C1)C1CNC1. The number of pyridine rings is 1. The van der Waals surface area contributed by atoms with Crippen LogP contribution in [-0.2, 0) is 9.59 Å². The summed E-state index contributed by atoms with van der Waals surface area (Å²) in [5.41, 5.74) is 0. The van der Waals surface area contributed by atoms with E-state index < -0.39 is 0 Å². The molecule has 2 saturated heterocycles. The van der Waals surface area contributed by atoms with E-state index in [-0.39, 0.29) is 23.7 Å². The molecule has 0 bridgehead atoms. The van der Waals surface area contributed by atoms with Crippen LogP contribution in [0.4, 0.5) is 5.82 Å². The first-order chi connectivity index (χ1) is 11.5. The number of aromatic nitrogens is 1. The highest BCUT2D eigenvalue weighted by Crippen LogP contribution is 2.24. The lowest BCUT2D eigenvalue weighted by molar-refractivity contribution is -0.140. The molecule has 130 valence electrons. The van der Waals surface area contributed by atoms with Crippen LogP contribution in [0.3, 0.4) is 0 Å². The van der Waals surface area contributed by atoms with Gasteiger partial charge in [-0.25, -0.2) is 4.98 Å². The number of likely N-dealkylation sites (tertiary alicyclic amines) is 1. The molecule has 0 aromatic carbocycles. The van der Waals surface area contributed by atoms with E-state index in [9.17, 15) is 9.59 Å². The van der Waals surface area contributed by atoms with E-state index in [4.69, 9.17) is 11.6 Å². The monoisotopic (exact) mass is 350 g/mol. The number of carbonyl (C=O) groups is 2. The van der Waals surface area contributed by atoms with E-state index >= 15 is 0 Å². The Bertz CT molecular complexity index is 603. The summed E-state index contributed by atoms with van der Waals surface area (Å²) in [4.78, 5) is 31.0. The Balaban J connectivity index is 1.57. The minimum absolute atomic E-state index is 0.0194. The van der Waals surface area contributed by atoms with Gasteiger partial charge in [0.25, 0.3) is 0 Å². The van der Waals surface area contributed by atoms with Crippen LogP contribution in [0.15, 0.2) is 18.3 Å². The van der Waals surface area contributed by atoms with Gasteiger partial charge in [-0.3, -0.25) is 9.59 Å². The van der Waals surface area contributed by atoms with Crippen LogP contribution in [0.5, 0.6) is 0 Å². The van der Waals surface area contributed by atoms with Crippen molar-refractivity contribution in [3.05, 3.63) is 23.4 Å². The minimum atomic E-state index is -0.188. The normalized spacial score (nSPS) is 22.6. The summed E-state index contributed by atoms with van der Waals surface area (Å²) in [5.74, 6) is 0.827. The zero-order valence-corrected chi connectivity index (χ0v) is 14.6. The Hall–Kier alpha value is -1.66. The molecule has 0 spiro atoms. The van der Waals surface area contributed by atoms with Gasteiger partial charge in [-0.1, -0.05) is 18.5 Å². The first kappa shape index (κ1) is 17.2. The van der Waals surface area contributed by atoms with Crippen LogP contribution in [0.25, 0.3) is 0 Å². The molecule has 2 N–H and O–H groups in total. The molecule has 2 atom stereocenters. The van der Waals surface area contributed by atoms with Gasteiger partial charge in [0.15, 0.2) is 0 Å². The van der Waals surface area contributed by atoms with Crippen molar-refractivity contribution >= 4 is 29.2 Å². The lowest BCUT2D eigenvalue weighted by Crippen LogP contribution is -2.52. The van der Waals surface area contributed by atoms with Crippen LogP contribution in [0.1, 0.15) is 19.8 Å².